The van der Waals surface area contributed by atoms with Gasteiger partial charge in [0.1, 0.15) is 0 Å². The molecular formula is C84H60N2. The standard InChI is InChI=1S/C84H60N2/c1-5-24-57(25-6-1)60-30-21-31-63(54-60)83-74-38-17-19-40-76(74)84(77-41-20-18-39-75(77)83)73-44-22-43-72-71(73)42-23-45-80(72)85(64-32-11-4-12-33-64)65-48-50-66(51-49-65)86-81-52-46-61(69-36-15-13-34-67(69)58-26-7-2-8-27-58)55-78(81)79-56-62(47-53-82(79)86)70-37-16-14-35-68(70)59-28-9-3-10-29-59/h1-3,5-11,13,15-34,36-56H,4,12,14,35H2. The first-order valence-corrected chi connectivity index (χ1v) is 30.3. The molecule has 2 aliphatic rings. The number of aromatic nitrogens is 1. The first kappa shape index (κ1) is 50.9. The van der Waals surface area contributed by atoms with E-state index in [4.69, 9.17) is 0 Å². The third-order valence-electron chi connectivity index (χ3n) is 17.9. The van der Waals surface area contributed by atoms with E-state index in [1.54, 1.807) is 0 Å². The topological polar surface area (TPSA) is 8.17 Å². The maximum atomic E-state index is 2.48. The Kier molecular flexibility index (Phi) is 12.9. The Morgan fingerprint density at radius 2 is 0.826 bits per heavy atom. The van der Waals surface area contributed by atoms with Crippen LogP contribution in [0.4, 0.5) is 11.4 Å². The molecule has 0 saturated carbocycles. The highest BCUT2D eigenvalue weighted by Crippen LogP contribution is 2.48. The van der Waals surface area contributed by atoms with Crippen LogP contribution in [0.15, 0.2) is 321 Å². The predicted molar refractivity (Wildman–Crippen MR) is 367 cm³/mol. The molecule has 2 nitrogen and oxygen atoms in total. The molecule has 0 radical (unpaired) electrons. The Bertz CT molecular complexity index is 5020. The number of hydrogen-bond acceptors (Lipinski definition) is 1. The fraction of sp³-hybridized carbons (Fsp3) is 0.0476. The van der Waals surface area contributed by atoms with E-state index < -0.39 is 0 Å². The molecule has 1 aromatic heterocycles. The van der Waals surface area contributed by atoms with Crippen molar-refractivity contribution in [2.45, 2.75) is 25.7 Å². The molecule has 0 spiro atoms. The van der Waals surface area contributed by atoms with Crippen molar-refractivity contribution >= 4 is 76.6 Å². The second-order valence-corrected chi connectivity index (χ2v) is 22.8. The number of rotatable bonds is 11. The molecule has 13 aromatic carbocycles. The zero-order valence-corrected chi connectivity index (χ0v) is 47.7. The normalized spacial score (nSPS) is 13.3. The van der Waals surface area contributed by atoms with Crippen LogP contribution in [-0.4, -0.2) is 4.57 Å². The molecule has 16 rings (SSSR count). The van der Waals surface area contributed by atoms with Crippen LogP contribution >= 0.6 is 0 Å². The average molecular weight is 1100 g/mol. The Labute approximate surface area is 502 Å². The van der Waals surface area contributed by atoms with Crippen molar-refractivity contribution < 1.29 is 0 Å². The lowest BCUT2D eigenvalue weighted by Crippen LogP contribution is -2.16. The molecule has 1 heterocycles. The Hall–Kier alpha value is -10.8. The molecule has 2 heteroatoms. The lowest BCUT2D eigenvalue weighted by Gasteiger charge is -2.29. The second kappa shape index (κ2) is 21.8. The summed E-state index contributed by atoms with van der Waals surface area (Å²) in [5.41, 5.74) is 24.4. The van der Waals surface area contributed by atoms with E-state index in [9.17, 15) is 0 Å². The maximum absolute atomic E-state index is 2.48. The molecule has 2 aliphatic carbocycles. The van der Waals surface area contributed by atoms with Gasteiger partial charge in [0, 0.05) is 33.2 Å². The van der Waals surface area contributed by atoms with E-state index in [0.717, 1.165) is 42.7 Å². The number of allylic oxidation sites excluding steroid dienone is 7. The molecule has 0 aliphatic heterocycles. The van der Waals surface area contributed by atoms with Crippen molar-refractivity contribution in [3.63, 3.8) is 0 Å². The van der Waals surface area contributed by atoms with E-state index in [1.807, 2.05) is 0 Å². The van der Waals surface area contributed by atoms with Gasteiger partial charge in [-0.3, -0.25) is 0 Å². The molecule has 14 aromatic rings. The highest BCUT2D eigenvalue weighted by atomic mass is 15.1. The lowest BCUT2D eigenvalue weighted by atomic mass is 9.84. The third-order valence-corrected chi connectivity index (χ3v) is 17.9. The van der Waals surface area contributed by atoms with Crippen LogP contribution in [0.3, 0.4) is 0 Å². The van der Waals surface area contributed by atoms with E-state index in [2.05, 4.69) is 325 Å². The quantitative estimate of drug-likeness (QED) is 0.117. The van der Waals surface area contributed by atoms with Crippen LogP contribution < -0.4 is 4.90 Å². The van der Waals surface area contributed by atoms with Crippen molar-refractivity contribution in [1.82, 2.24) is 4.57 Å². The van der Waals surface area contributed by atoms with E-state index in [1.165, 1.54) is 138 Å². The monoisotopic (exact) mass is 1100 g/mol. The van der Waals surface area contributed by atoms with Crippen LogP contribution in [-0.2, 0) is 0 Å². The molecule has 0 atom stereocenters. The molecule has 0 N–H and O–H groups in total. The second-order valence-electron chi connectivity index (χ2n) is 22.8. The molecule has 0 unspecified atom stereocenters. The van der Waals surface area contributed by atoms with Crippen LogP contribution in [0, 0.1) is 0 Å². The summed E-state index contributed by atoms with van der Waals surface area (Å²) in [6.07, 6.45) is 15.8. The van der Waals surface area contributed by atoms with Crippen molar-refractivity contribution in [3.8, 4) is 61.3 Å². The molecule has 0 bridgehead atoms. The molecule has 0 fully saturated rings. The van der Waals surface area contributed by atoms with Crippen LogP contribution in [0.2, 0.25) is 0 Å². The lowest BCUT2D eigenvalue weighted by molar-refractivity contribution is 0.998. The van der Waals surface area contributed by atoms with E-state index >= 15 is 0 Å². The predicted octanol–water partition coefficient (Wildman–Crippen LogP) is 23.2. The average Bonchev–Trinajstić information content (AvgIpc) is 1.27. The minimum absolute atomic E-state index is 0.982. The van der Waals surface area contributed by atoms with Gasteiger partial charge >= 0.3 is 0 Å². The Morgan fingerprint density at radius 1 is 0.302 bits per heavy atom. The molecule has 0 amide bonds. The number of nitrogens with zero attached hydrogens (tertiary/aromatic N) is 2. The van der Waals surface area contributed by atoms with Crippen LogP contribution in [0.5, 0.6) is 0 Å². The first-order chi connectivity index (χ1) is 42.7. The van der Waals surface area contributed by atoms with Crippen molar-refractivity contribution in [3.05, 3.63) is 332 Å². The van der Waals surface area contributed by atoms with Gasteiger partial charge in [0.25, 0.3) is 0 Å². The summed E-state index contributed by atoms with van der Waals surface area (Å²) in [7, 11) is 0. The summed E-state index contributed by atoms with van der Waals surface area (Å²) in [6, 6.07) is 106. The van der Waals surface area contributed by atoms with Gasteiger partial charge in [-0.15, -0.1) is 0 Å². The summed E-state index contributed by atoms with van der Waals surface area (Å²) < 4.78 is 2.47. The smallest absolute Gasteiger partial charge is 0.0541 e. The van der Waals surface area contributed by atoms with Crippen LogP contribution in [0.25, 0.3) is 127 Å². The van der Waals surface area contributed by atoms with Gasteiger partial charge in [-0.25, -0.2) is 0 Å². The first-order valence-electron chi connectivity index (χ1n) is 30.3. The van der Waals surface area contributed by atoms with Gasteiger partial charge in [-0.05, 0) is 197 Å². The summed E-state index contributed by atoms with van der Waals surface area (Å²) >= 11 is 0. The summed E-state index contributed by atoms with van der Waals surface area (Å²) in [6.45, 7) is 0. The minimum Gasteiger partial charge on any atom is -0.310 e. The SMILES string of the molecule is C1=CC(N(c2ccc(-n3c4ccc(C5=C(c6ccccc6)CCC=C5)cc4c4cc(-c5ccccc5-c5ccccc5)ccc43)cc2)c2cccc3c(-c4c5ccccc5c(-c5cccc(-c6ccccc6)c5)c5ccccc45)cccc23)=CCC1. The van der Waals surface area contributed by atoms with Crippen molar-refractivity contribution in [2.75, 3.05) is 4.90 Å². The fourth-order valence-corrected chi connectivity index (χ4v) is 14.0. The Balaban J connectivity index is 0.840. The van der Waals surface area contributed by atoms with Crippen molar-refractivity contribution in [2.24, 2.45) is 0 Å². The minimum atomic E-state index is 0.982. The van der Waals surface area contributed by atoms with E-state index in [-0.39, 0.29) is 0 Å². The molecule has 86 heavy (non-hydrogen) atoms. The molecular weight excluding hydrogens is 1040 g/mol. The zero-order chi connectivity index (χ0) is 56.9. The van der Waals surface area contributed by atoms with Gasteiger partial charge in [-0.1, -0.05) is 249 Å². The van der Waals surface area contributed by atoms with Gasteiger partial charge < -0.3 is 9.47 Å². The zero-order valence-electron chi connectivity index (χ0n) is 47.7. The Morgan fingerprint density at radius 3 is 1.51 bits per heavy atom. The van der Waals surface area contributed by atoms with Gasteiger partial charge in [-0.2, -0.15) is 0 Å². The van der Waals surface area contributed by atoms with Gasteiger partial charge in [0.2, 0.25) is 0 Å². The molecule has 0 saturated heterocycles. The summed E-state index contributed by atoms with van der Waals surface area (Å²) in [5.74, 6) is 0. The van der Waals surface area contributed by atoms with Gasteiger partial charge in [0.15, 0.2) is 0 Å². The summed E-state index contributed by atoms with van der Waals surface area (Å²) in [4.78, 5) is 2.48. The summed E-state index contributed by atoms with van der Waals surface area (Å²) in [5, 5.41) is 9.84. The molecule has 406 valence electrons. The highest BCUT2D eigenvalue weighted by molar-refractivity contribution is 6.24. The number of fused-ring (bicyclic) bond motifs is 6. The van der Waals surface area contributed by atoms with E-state index in [0.29, 0.717) is 0 Å². The fourth-order valence-electron chi connectivity index (χ4n) is 14.0. The highest BCUT2D eigenvalue weighted by Gasteiger charge is 2.24. The maximum Gasteiger partial charge on any atom is 0.0541 e. The number of hydrogen-bond donors (Lipinski definition) is 0. The largest absolute Gasteiger partial charge is 0.310 e. The van der Waals surface area contributed by atoms with Gasteiger partial charge in [0.05, 0.1) is 16.7 Å². The number of benzene rings is 13. The number of anilines is 2. The third kappa shape index (κ3) is 8.89. The van der Waals surface area contributed by atoms with Crippen LogP contribution in [0.1, 0.15) is 36.8 Å². The van der Waals surface area contributed by atoms with Crippen molar-refractivity contribution in [1.29, 1.82) is 0 Å².